The Morgan fingerprint density at radius 3 is 2.77 bits per heavy atom. The zero-order chi connectivity index (χ0) is 21.6. The molecule has 0 amide bonds. The fourth-order valence-corrected chi connectivity index (χ4v) is 5.85. The number of nitrogens with zero attached hydrogens (tertiary/aromatic N) is 2. The van der Waals surface area contributed by atoms with Crippen molar-refractivity contribution in [2.24, 2.45) is 0 Å². The minimum atomic E-state index is -3.99. The van der Waals surface area contributed by atoms with Crippen LogP contribution in [0.5, 0.6) is 0 Å². The number of carboxylic acids is 1. The maximum atomic E-state index is 13.6. The van der Waals surface area contributed by atoms with Crippen LogP contribution >= 0.6 is 22.9 Å². The normalized spacial score (nSPS) is 13.2. The lowest BCUT2D eigenvalue weighted by molar-refractivity contribution is -0.149. The van der Waals surface area contributed by atoms with Gasteiger partial charge < -0.3 is 9.84 Å². The molecule has 0 aliphatic heterocycles. The summed E-state index contributed by atoms with van der Waals surface area (Å²) < 4.78 is 34.5. The fraction of sp³-hybridized carbons (Fsp3) is 0.200. The SMILES string of the molecule is Cc1nc2ccc(S(=O)(=O)n3c(COC(C)C(=O)O)cc4cc(Cl)ccc43)cc2s1. The maximum Gasteiger partial charge on any atom is 0.332 e. The summed E-state index contributed by atoms with van der Waals surface area (Å²) in [5, 5.41) is 11.0. The Morgan fingerprint density at radius 1 is 1.27 bits per heavy atom. The molecule has 1 N–H and O–H groups in total. The molecule has 2 aromatic heterocycles. The van der Waals surface area contributed by atoms with Crippen molar-refractivity contribution >= 4 is 60.0 Å². The molecular formula is C20H17ClN2O5S2. The van der Waals surface area contributed by atoms with E-state index in [4.69, 9.17) is 21.4 Å². The highest BCUT2D eigenvalue weighted by Crippen LogP contribution is 2.31. The highest BCUT2D eigenvalue weighted by Gasteiger charge is 2.25. The molecule has 0 spiro atoms. The molecule has 4 rings (SSSR count). The third-order valence-corrected chi connectivity index (χ3v) is 7.56. The van der Waals surface area contributed by atoms with Gasteiger partial charge in [-0.25, -0.2) is 22.2 Å². The minimum Gasteiger partial charge on any atom is -0.479 e. The molecule has 30 heavy (non-hydrogen) atoms. The number of benzene rings is 2. The van der Waals surface area contributed by atoms with E-state index in [-0.39, 0.29) is 11.5 Å². The molecule has 0 aliphatic rings. The van der Waals surface area contributed by atoms with Crippen molar-refractivity contribution in [2.45, 2.75) is 31.5 Å². The van der Waals surface area contributed by atoms with E-state index < -0.39 is 22.1 Å². The quantitative estimate of drug-likeness (QED) is 0.453. The molecule has 0 bridgehead atoms. The average molecular weight is 465 g/mol. The number of hydrogen-bond acceptors (Lipinski definition) is 6. The molecule has 0 radical (unpaired) electrons. The standard InChI is InChI=1S/C20H17ClN2O5S2/c1-11(20(24)25)28-10-15-8-13-7-14(21)3-6-18(13)23(15)30(26,27)16-4-5-17-19(9-16)29-12(2)22-17/h3-9,11H,10H2,1-2H3,(H,24,25). The summed E-state index contributed by atoms with van der Waals surface area (Å²) >= 11 is 7.49. The molecule has 0 saturated heterocycles. The number of hydrogen-bond donors (Lipinski definition) is 1. The fourth-order valence-electron chi connectivity index (χ4n) is 3.17. The first-order valence-corrected chi connectivity index (χ1v) is 11.6. The Bertz CT molecular complexity index is 1390. The third kappa shape index (κ3) is 3.69. The summed E-state index contributed by atoms with van der Waals surface area (Å²) in [6.07, 6.45) is -1.08. The van der Waals surface area contributed by atoms with Gasteiger partial charge in [0.15, 0.2) is 6.10 Å². The Morgan fingerprint density at radius 2 is 2.03 bits per heavy atom. The van der Waals surface area contributed by atoms with Crippen LogP contribution in [0.25, 0.3) is 21.1 Å². The van der Waals surface area contributed by atoms with E-state index in [0.29, 0.717) is 21.6 Å². The van der Waals surface area contributed by atoms with Gasteiger partial charge in [-0.1, -0.05) is 11.6 Å². The molecule has 4 aromatic rings. The number of aliphatic carboxylic acids is 1. The number of carboxylic acid groups (broad SMARTS) is 1. The molecule has 10 heteroatoms. The van der Waals surface area contributed by atoms with Crippen molar-refractivity contribution in [1.82, 2.24) is 8.96 Å². The molecule has 0 fully saturated rings. The largest absolute Gasteiger partial charge is 0.479 e. The molecule has 0 saturated carbocycles. The number of halogens is 1. The topological polar surface area (TPSA) is 98.5 Å². The van der Waals surface area contributed by atoms with Crippen LogP contribution in [-0.2, 0) is 26.2 Å². The number of thiazole rings is 1. The second-order valence-electron chi connectivity index (χ2n) is 6.76. The van der Waals surface area contributed by atoms with Crippen molar-refractivity contribution in [2.75, 3.05) is 0 Å². The first-order chi connectivity index (χ1) is 14.2. The smallest absolute Gasteiger partial charge is 0.332 e. The Balaban J connectivity index is 1.87. The number of aryl methyl sites for hydroxylation is 1. The molecule has 2 heterocycles. The van der Waals surface area contributed by atoms with Crippen molar-refractivity contribution < 1.29 is 23.1 Å². The van der Waals surface area contributed by atoms with Crippen LogP contribution in [0, 0.1) is 6.92 Å². The minimum absolute atomic E-state index is 0.110. The van der Waals surface area contributed by atoms with Gasteiger partial charge in [0.2, 0.25) is 0 Å². The van der Waals surface area contributed by atoms with Crippen molar-refractivity contribution in [3.63, 3.8) is 0 Å². The molecular weight excluding hydrogens is 448 g/mol. The van der Waals surface area contributed by atoms with Gasteiger partial charge in [0, 0.05) is 10.4 Å². The molecule has 1 unspecified atom stereocenters. The molecule has 1 atom stereocenters. The van der Waals surface area contributed by atoms with E-state index in [0.717, 1.165) is 15.2 Å². The van der Waals surface area contributed by atoms with Crippen LogP contribution in [0.1, 0.15) is 17.6 Å². The lowest BCUT2D eigenvalue weighted by Gasteiger charge is -2.14. The highest BCUT2D eigenvalue weighted by molar-refractivity contribution is 7.90. The predicted octanol–water partition coefficient (Wildman–Crippen LogP) is 4.44. The average Bonchev–Trinajstić information content (AvgIpc) is 3.23. The van der Waals surface area contributed by atoms with Crippen LogP contribution in [0.15, 0.2) is 47.4 Å². The summed E-state index contributed by atoms with van der Waals surface area (Å²) in [5.41, 5.74) is 1.47. The van der Waals surface area contributed by atoms with Crippen LogP contribution in [-0.4, -0.2) is 34.6 Å². The molecule has 156 valence electrons. The van der Waals surface area contributed by atoms with E-state index in [1.54, 1.807) is 36.4 Å². The zero-order valence-corrected chi connectivity index (χ0v) is 18.4. The number of fused-ring (bicyclic) bond motifs is 2. The first kappa shape index (κ1) is 20.8. The van der Waals surface area contributed by atoms with E-state index in [9.17, 15) is 13.2 Å². The van der Waals surface area contributed by atoms with Crippen LogP contribution < -0.4 is 0 Å². The van der Waals surface area contributed by atoms with Crippen molar-refractivity contribution in [3.05, 3.63) is 58.2 Å². The third-order valence-electron chi connectivity index (χ3n) is 4.63. The van der Waals surface area contributed by atoms with Gasteiger partial charge in [-0.05, 0) is 56.3 Å². The van der Waals surface area contributed by atoms with Crippen LogP contribution in [0.3, 0.4) is 0 Å². The number of ether oxygens (including phenoxy) is 1. The van der Waals surface area contributed by atoms with E-state index >= 15 is 0 Å². The second-order valence-corrected chi connectivity index (χ2v) is 10.2. The van der Waals surface area contributed by atoms with Gasteiger partial charge in [-0.2, -0.15) is 0 Å². The maximum absolute atomic E-state index is 13.6. The lowest BCUT2D eigenvalue weighted by Crippen LogP contribution is -2.22. The van der Waals surface area contributed by atoms with Gasteiger partial charge in [0.05, 0.1) is 37.9 Å². The number of carbonyl (C=O) groups is 1. The Labute approximate surface area is 181 Å². The van der Waals surface area contributed by atoms with Crippen molar-refractivity contribution in [1.29, 1.82) is 0 Å². The van der Waals surface area contributed by atoms with Crippen LogP contribution in [0.2, 0.25) is 5.02 Å². The summed E-state index contributed by atoms with van der Waals surface area (Å²) in [4.78, 5) is 15.6. The molecule has 2 aromatic carbocycles. The molecule has 7 nitrogen and oxygen atoms in total. The Kier molecular flexibility index (Phi) is 5.31. The van der Waals surface area contributed by atoms with Crippen molar-refractivity contribution in [3.8, 4) is 0 Å². The summed E-state index contributed by atoms with van der Waals surface area (Å²) in [5.74, 6) is -1.13. The second kappa shape index (κ2) is 7.66. The van der Waals surface area contributed by atoms with Gasteiger partial charge >= 0.3 is 5.97 Å². The Hall–Kier alpha value is -2.46. The predicted molar refractivity (Wildman–Crippen MR) is 116 cm³/mol. The zero-order valence-electron chi connectivity index (χ0n) is 16.0. The lowest BCUT2D eigenvalue weighted by atomic mass is 10.2. The van der Waals surface area contributed by atoms with E-state index in [1.807, 2.05) is 6.92 Å². The van der Waals surface area contributed by atoms with E-state index in [1.165, 1.54) is 28.3 Å². The summed E-state index contributed by atoms with van der Waals surface area (Å²) in [6, 6.07) is 11.3. The number of aromatic nitrogens is 2. The van der Waals surface area contributed by atoms with Gasteiger partial charge in [-0.3, -0.25) is 0 Å². The summed E-state index contributed by atoms with van der Waals surface area (Å²) in [6.45, 7) is 3.06. The monoisotopic (exact) mass is 464 g/mol. The van der Waals surface area contributed by atoms with Gasteiger partial charge in [-0.15, -0.1) is 11.3 Å². The first-order valence-electron chi connectivity index (χ1n) is 8.94. The molecule has 0 aliphatic carbocycles. The summed E-state index contributed by atoms with van der Waals surface area (Å²) in [7, 11) is -3.99. The van der Waals surface area contributed by atoms with Crippen LogP contribution in [0.4, 0.5) is 0 Å². The number of rotatable bonds is 6. The van der Waals surface area contributed by atoms with Gasteiger partial charge in [0.1, 0.15) is 0 Å². The highest BCUT2D eigenvalue weighted by atomic mass is 35.5. The van der Waals surface area contributed by atoms with E-state index in [2.05, 4.69) is 4.98 Å². The van der Waals surface area contributed by atoms with Gasteiger partial charge in [0.25, 0.3) is 10.0 Å².